The van der Waals surface area contributed by atoms with Crippen molar-refractivity contribution in [1.29, 1.82) is 0 Å². The second-order valence-corrected chi connectivity index (χ2v) is 6.28. The molecule has 1 aliphatic carbocycles. The average molecular weight is 276 g/mol. The Bertz CT molecular complexity index is 623. The number of aromatic amines is 1. The lowest BCUT2D eigenvalue weighted by Gasteiger charge is -2.31. The summed E-state index contributed by atoms with van der Waals surface area (Å²) in [4.78, 5) is 16.0. The summed E-state index contributed by atoms with van der Waals surface area (Å²) >= 11 is 5.98. The molecular weight excluding hydrogens is 258 g/mol. The molecule has 100 valence electrons. The molecule has 19 heavy (non-hydrogen) atoms. The summed E-state index contributed by atoms with van der Waals surface area (Å²) < 4.78 is 0. The Balaban J connectivity index is 2.02. The van der Waals surface area contributed by atoms with E-state index < -0.39 is 0 Å². The van der Waals surface area contributed by atoms with Crippen molar-refractivity contribution in [3.8, 4) is 0 Å². The van der Waals surface area contributed by atoms with Crippen molar-refractivity contribution in [1.82, 2.24) is 4.98 Å². The molecule has 0 saturated heterocycles. The monoisotopic (exact) mass is 275 g/mol. The van der Waals surface area contributed by atoms with Crippen LogP contribution < -0.4 is 0 Å². The summed E-state index contributed by atoms with van der Waals surface area (Å²) in [6.07, 6.45) is 7.43. The molecule has 3 heteroatoms. The third-order valence-electron chi connectivity index (χ3n) is 4.39. The van der Waals surface area contributed by atoms with Crippen molar-refractivity contribution < 1.29 is 4.79 Å². The highest BCUT2D eigenvalue weighted by molar-refractivity contribution is 6.31. The van der Waals surface area contributed by atoms with Crippen molar-refractivity contribution in [2.75, 3.05) is 0 Å². The number of benzene rings is 1. The summed E-state index contributed by atoms with van der Waals surface area (Å²) in [5.41, 5.74) is 1.57. The molecule has 1 N–H and O–H groups in total. The van der Waals surface area contributed by atoms with Crippen molar-refractivity contribution in [2.45, 2.75) is 39.0 Å². The summed E-state index contributed by atoms with van der Waals surface area (Å²) in [6.45, 7) is 2.11. The standard InChI is InChI=1S/C16H18ClNO/c1-16(7-3-2-4-8-16)15(19)13-10-18-14-9-11(17)5-6-12(13)14/h5-6,9-10,18H,2-4,7-8H2,1H3. The van der Waals surface area contributed by atoms with E-state index in [1.54, 1.807) is 0 Å². The van der Waals surface area contributed by atoms with Crippen LogP contribution in [0.4, 0.5) is 0 Å². The van der Waals surface area contributed by atoms with Gasteiger partial charge in [-0.3, -0.25) is 4.79 Å². The van der Waals surface area contributed by atoms with E-state index in [4.69, 9.17) is 11.6 Å². The van der Waals surface area contributed by atoms with E-state index in [1.807, 2.05) is 24.4 Å². The Kier molecular flexibility index (Phi) is 3.14. The highest BCUT2D eigenvalue weighted by atomic mass is 35.5. The largest absolute Gasteiger partial charge is 0.360 e. The lowest BCUT2D eigenvalue weighted by atomic mass is 9.71. The molecule has 0 bridgehead atoms. The topological polar surface area (TPSA) is 32.9 Å². The molecule has 1 aromatic heterocycles. The number of Topliss-reactive ketones (excluding diaryl/α,β-unsaturated/α-hetero) is 1. The molecule has 1 aliphatic rings. The zero-order valence-corrected chi connectivity index (χ0v) is 11.9. The molecule has 1 fully saturated rings. The summed E-state index contributed by atoms with van der Waals surface area (Å²) in [6, 6.07) is 5.65. The van der Waals surface area contributed by atoms with E-state index >= 15 is 0 Å². The van der Waals surface area contributed by atoms with E-state index in [0.29, 0.717) is 5.02 Å². The first-order valence-electron chi connectivity index (χ1n) is 6.92. The quantitative estimate of drug-likeness (QED) is 0.771. The van der Waals surface area contributed by atoms with Gasteiger partial charge in [0.1, 0.15) is 0 Å². The van der Waals surface area contributed by atoms with E-state index in [9.17, 15) is 4.79 Å². The second-order valence-electron chi connectivity index (χ2n) is 5.84. The summed E-state index contributed by atoms with van der Waals surface area (Å²) in [5.74, 6) is 0.278. The van der Waals surface area contributed by atoms with Crippen LogP contribution in [0.5, 0.6) is 0 Å². The molecule has 0 atom stereocenters. The fourth-order valence-electron chi connectivity index (χ4n) is 3.17. The predicted octanol–water partition coefficient (Wildman–Crippen LogP) is 4.97. The van der Waals surface area contributed by atoms with Crippen LogP contribution in [0.25, 0.3) is 10.9 Å². The van der Waals surface area contributed by atoms with Crippen LogP contribution in [0.3, 0.4) is 0 Å². The normalized spacial score (nSPS) is 18.6. The number of halogens is 1. The summed E-state index contributed by atoms with van der Waals surface area (Å²) in [5, 5.41) is 1.68. The molecular formula is C16H18ClNO. The van der Waals surface area contributed by atoms with Gasteiger partial charge in [-0.1, -0.05) is 43.9 Å². The lowest BCUT2D eigenvalue weighted by Crippen LogP contribution is -2.30. The number of rotatable bonds is 2. The van der Waals surface area contributed by atoms with Gasteiger partial charge in [0, 0.05) is 33.1 Å². The van der Waals surface area contributed by atoms with E-state index in [1.165, 1.54) is 6.42 Å². The number of carbonyl (C=O) groups is 1. The molecule has 0 unspecified atom stereocenters. The number of nitrogens with one attached hydrogen (secondary N) is 1. The van der Waals surface area contributed by atoms with Gasteiger partial charge in [-0.2, -0.15) is 0 Å². The Morgan fingerprint density at radius 2 is 2.00 bits per heavy atom. The number of hydrogen-bond acceptors (Lipinski definition) is 1. The first-order chi connectivity index (χ1) is 9.10. The van der Waals surface area contributed by atoms with Crippen LogP contribution in [-0.4, -0.2) is 10.8 Å². The van der Waals surface area contributed by atoms with Crippen molar-refractivity contribution in [3.63, 3.8) is 0 Å². The molecule has 3 rings (SSSR count). The Morgan fingerprint density at radius 1 is 1.26 bits per heavy atom. The van der Waals surface area contributed by atoms with Gasteiger partial charge in [0.05, 0.1) is 0 Å². The first-order valence-corrected chi connectivity index (χ1v) is 7.29. The van der Waals surface area contributed by atoms with Gasteiger partial charge in [0.25, 0.3) is 0 Å². The van der Waals surface area contributed by atoms with Gasteiger partial charge in [-0.25, -0.2) is 0 Å². The Labute approximate surface area is 118 Å². The zero-order valence-electron chi connectivity index (χ0n) is 11.1. The van der Waals surface area contributed by atoms with Crippen LogP contribution in [0.15, 0.2) is 24.4 Å². The van der Waals surface area contributed by atoms with Crippen LogP contribution in [0.2, 0.25) is 5.02 Å². The maximum atomic E-state index is 12.8. The van der Waals surface area contributed by atoms with Crippen LogP contribution in [0.1, 0.15) is 49.4 Å². The number of aromatic nitrogens is 1. The minimum atomic E-state index is -0.187. The van der Waals surface area contributed by atoms with Crippen molar-refractivity contribution >= 4 is 28.3 Å². The van der Waals surface area contributed by atoms with E-state index in [0.717, 1.165) is 42.1 Å². The highest BCUT2D eigenvalue weighted by Gasteiger charge is 2.36. The number of hydrogen-bond donors (Lipinski definition) is 1. The number of ketones is 1. The fraction of sp³-hybridized carbons (Fsp3) is 0.438. The maximum absolute atomic E-state index is 12.8. The zero-order chi connectivity index (χ0) is 13.5. The Hall–Kier alpha value is -1.28. The molecule has 1 aromatic carbocycles. The first kappa shape index (κ1) is 12.7. The molecule has 2 nitrogen and oxygen atoms in total. The van der Waals surface area contributed by atoms with E-state index in [-0.39, 0.29) is 11.2 Å². The minimum absolute atomic E-state index is 0.187. The molecule has 0 aliphatic heterocycles. The van der Waals surface area contributed by atoms with Gasteiger partial charge in [-0.05, 0) is 25.0 Å². The van der Waals surface area contributed by atoms with Gasteiger partial charge in [0.15, 0.2) is 5.78 Å². The molecule has 1 heterocycles. The predicted molar refractivity (Wildman–Crippen MR) is 78.8 cm³/mol. The van der Waals surface area contributed by atoms with Crippen LogP contribution in [-0.2, 0) is 0 Å². The molecule has 0 radical (unpaired) electrons. The number of H-pyrrole nitrogens is 1. The van der Waals surface area contributed by atoms with E-state index in [2.05, 4.69) is 11.9 Å². The molecule has 0 spiro atoms. The van der Waals surface area contributed by atoms with Crippen LogP contribution >= 0.6 is 11.6 Å². The van der Waals surface area contributed by atoms with Gasteiger partial charge >= 0.3 is 0 Å². The van der Waals surface area contributed by atoms with Gasteiger partial charge in [-0.15, -0.1) is 0 Å². The van der Waals surface area contributed by atoms with Crippen LogP contribution in [0, 0.1) is 5.41 Å². The fourth-order valence-corrected chi connectivity index (χ4v) is 3.34. The second kappa shape index (κ2) is 4.68. The SMILES string of the molecule is CC1(C(=O)c2c[nH]c3cc(Cl)ccc23)CCCCC1. The average Bonchev–Trinajstić information content (AvgIpc) is 2.81. The third-order valence-corrected chi connectivity index (χ3v) is 4.63. The summed E-state index contributed by atoms with van der Waals surface area (Å²) in [7, 11) is 0. The lowest BCUT2D eigenvalue weighted by molar-refractivity contribution is 0.0751. The highest BCUT2D eigenvalue weighted by Crippen LogP contribution is 2.40. The van der Waals surface area contributed by atoms with Gasteiger partial charge in [0.2, 0.25) is 0 Å². The minimum Gasteiger partial charge on any atom is -0.360 e. The number of fused-ring (bicyclic) bond motifs is 1. The molecule has 1 saturated carbocycles. The Morgan fingerprint density at radius 3 is 2.74 bits per heavy atom. The maximum Gasteiger partial charge on any atom is 0.170 e. The third kappa shape index (κ3) is 2.18. The van der Waals surface area contributed by atoms with Crippen molar-refractivity contribution in [2.24, 2.45) is 5.41 Å². The number of carbonyl (C=O) groups excluding carboxylic acids is 1. The smallest absolute Gasteiger partial charge is 0.170 e. The van der Waals surface area contributed by atoms with Crippen molar-refractivity contribution in [3.05, 3.63) is 35.0 Å². The molecule has 2 aromatic rings. The molecule has 0 amide bonds. The van der Waals surface area contributed by atoms with Gasteiger partial charge < -0.3 is 4.98 Å².